The Labute approximate surface area is 81.0 Å². The lowest BCUT2D eigenvalue weighted by Gasteiger charge is -2.02. The third-order valence-electron chi connectivity index (χ3n) is 2.00. The first kappa shape index (κ1) is 8.32. The number of pyridine rings is 1. The predicted molar refractivity (Wildman–Crippen MR) is 52.7 cm³/mol. The van der Waals surface area contributed by atoms with Crippen molar-refractivity contribution in [1.29, 1.82) is 0 Å². The van der Waals surface area contributed by atoms with Gasteiger partial charge in [-0.25, -0.2) is 0 Å². The van der Waals surface area contributed by atoms with Crippen LogP contribution in [0.25, 0.3) is 10.9 Å². The molecule has 0 aliphatic rings. The van der Waals surface area contributed by atoms with Gasteiger partial charge in [-0.2, -0.15) is 4.73 Å². The van der Waals surface area contributed by atoms with Crippen LogP contribution in [-0.4, -0.2) is 0 Å². The summed E-state index contributed by atoms with van der Waals surface area (Å²) in [4.78, 5) is 0. The zero-order valence-electron chi connectivity index (χ0n) is 7.12. The topological polar surface area (TPSA) is 26.9 Å². The molecule has 2 rings (SSSR count). The van der Waals surface area contributed by atoms with Crippen LogP contribution in [0.5, 0.6) is 0 Å². The molecule has 0 N–H and O–H groups in total. The number of benzene rings is 1. The van der Waals surface area contributed by atoms with Gasteiger partial charge < -0.3 is 5.21 Å². The summed E-state index contributed by atoms with van der Waals surface area (Å²) in [6, 6.07) is 7.19. The van der Waals surface area contributed by atoms with E-state index in [4.69, 9.17) is 11.6 Å². The lowest BCUT2D eigenvalue weighted by molar-refractivity contribution is -0.577. The molecule has 0 unspecified atom stereocenters. The summed E-state index contributed by atoms with van der Waals surface area (Å²) in [5, 5.41) is 12.7. The van der Waals surface area contributed by atoms with Gasteiger partial charge in [-0.3, -0.25) is 0 Å². The fourth-order valence-corrected chi connectivity index (χ4v) is 1.54. The van der Waals surface area contributed by atoms with E-state index in [0.717, 1.165) is 15.7 Å². The van der Waals surface area contributed by atoms with E-state index >= 15 is 0 Å². The van der Waals surface area contributed by atoms with Gasteiger partial charge in [0.2, 0.25) is 5.52 Å². The fourth-order valence-electron chi connectivity index (χ4n) is 1.34. The van der Waals surface area contributed by atoms with E-state index in [-0.39, 0.29) is 0 Å². The average molecular weight is 194 g/mol. The third kappa shape index (κ3) is 1.33. The molecule has 0 spiro atoms. The standard InChI is InChI=1S/C10H8ClNO/c1-7-2-3-10-8(6-7)9(11)4-5-12(10)13/h2-6H,1H3. The van der Waals surface area contributed by atoms with Crippen molar-refractivity contribution in [1.82, 2.24) is 0 Å². The predicted octanol–water partition coefficient (Wildman–Crippen LogP) is 2.44. The second-order valence-corrected chi connectivity index (χ2v) is 3.42. The molecule has 2 aromatic rings. The van der Waals surface area contributed by atoms with Crippen molar-refractivity contribution in [3.63, 3.8) is 0 Å². The highest BCUT2D eigenvalue weighted by molar-refractivity contribution is 6.35. The van der Waals surface area contributed by atoms with Crippen molar-refractivity contribution in [2.75, 3.05) is 0 Å². The highest BCUT2D eigenvalue weighted by Gasteiger charge is 2.06. The van der Waals surface area contributed by atoms with Crippen molar-refractivity contribution in [3.8, 4) is 0 Å². The third-order valence-corrected chi connectivity index (χ3v) is 2.33. The number of rotatable bonds is 0. The first-order valence-corrected chi connectivity index (χ1v) is 4.34. The van der Waals surface area contributed by atoms with Crippen LogP contribution in [0.2, 0.25) is 5.02 Å². The zero-order valence-corrected chi connectivity index (χ0v) is 7.88. The van der Waals surface area contributed by atoms with Gasteiger partial charge in [-0.05, 0) is 18.6 Å². The van der Waals surface area contributed by atoms with E-state index in [1.54, 1.807) is 12.1 Å². The minimum atomic E-state index is 0.609. The summed E-state index contributed by atoms with van der Waals surface area (Å²) in [5.74, 6) is 0. The number of fused-ring (bicyclic) bond motifs is 1. The molecule has 0 fully saturated rings. The van der Waals surface area contributed by atoms with Crippen LogP contribution >= 0.6 is 11.6 Å². The Morgan fingerprint density at radius 3 is 2.85 bits per heavy atom. The van der Waals surface area contributed by atoms with Gasteiger partial charge in [0.25, 0.3) is 0 Å². The van der Waals surface area contributed by atoms with Gasteiger partial charge in [0.1, 0.15) is 0 Å². The van der Waals surface area contributed by atoms with E-state index in [9.17, 15) is 5.21 Å². The largest absolute Gasteiger partial charge is 0.618 e. The smallest absolute Gasteiger partial charge is 0.225 e. The lowest BCUT2D eigenvalue weighted by atomic mass is 10.1. The Hall–Kier alpha value is -1.28. The van der Waals surface area contributed by atoms with Gasteiger partial charge in [0, 0.05) is 12.1 Å². The molecule has 66 valence electrons. The number of hydrogen-bond acceptors (Lipinski definition) is 1. The molecule has 3 heteroatoms. The van der Waals surface area contributed by atoms with E-state index in [2.05, 4.69) is 0 Å². The van der Waals surface area contributed by atoms with Crippen LogP contribution < -0.4 is 4.73 Å². The molecule has 0 atom stereocenters. The van der Waals surface area contributed by atoms with Gasteiger partial charge in [0.05, 0.1) is 10.4 Å². The normalized spacial score (nSPS) is 10.6. The molecule has 0 aliphatic heterocycles. The molecule has 1 heterocycles. The van der Waals surface area contributed by atoms with Crippen LogP contribution in [0, 0.1) is 12.1 Å². The lowest BCUT2D eigenvalue weighted by Crippen LogP contribution is -2.25. The molecule has 2 nitrogen and oxygen atoms in total. The minimum Gasteiger partial charge on any atom is -0.618 e. The van der Waals surface area contributed by atoms with Crippen LogP contribution in [0.15, 0.2) is 30.5 Å². The molecular formula is C10H8ClNO. The van der Waals surface area contributed by atoms with Crippen molar-refractivity contribution >= 4 is 22.5 Å². The van der Waals surface area contributed by atoms with Crippen molar-refractivity contribution in [3.05, 3.63) is 46.3 Å². The summed E-state index contributed by atoms with van der Waals surface area (Å²) in [7, 11) is 0. The molecule has 0 saturated carbocycles. The van der Waals surface area contributed by atoms with Crippen LogP contribution in [0.4, 0.5) is 0 Å². The molecule has 1 aromatic heterocycles. The summed E-state index contributed by atoms with van der Waals surface area (Å²) >= 11 is 5.95. The Morgan fingerprint density at radius 2 is 2.08 bits per heavy atom. The quantitative estimate of drug-likeness (QED) is 0.466. The van der Waals surface area contributed by atoms with Crippen molar-refractivity contribution in [2.45, 2.75) is 6.92 Å². The molecule has 1 aromatic carbocycles. The second-order valence-electron chi connectivity index (χ2n) is 3.01. The number of hydrogen-bond donors (Lipinski definition) is 0. The molecular weight excluding hydrogens is 186 g/mol. The number of aromatic nitrogens is 1. The Bertz CT molecular complexity index is 468. The van der Waals surface area contributed by atoms with Gasteiger partial charge in [0.15, 0.2) is 6.20 Å². The van der Waals surface area contributed by atoms with Crippen LogP contribution in [0.1, 0.15) is 5.56 Å². The van der Waals surface area contributed by atoms with E-state index < -0.39 is 0 Å². The summed E-state index contributed by atoms with van der Waals surface area (Å²) in [6.07, 6.45) is 1.42. The highest BCUT2D eigenvalue weighted by Crippen LogP contribution is 2.20. The van der Waals surface area contributed by atoms with Gasteiger partial charge >= 0.3 is 0 Å². The van der Waals surface area contributed by atoms with Crippen LogP contribution in [0.3, 0.4) is 0 Å². The van der Waals surface area contributed by atoms with E-state index in [0.29, 0.717) is 10.5 Å². The monoisotopic (exact) mass is 193 g/mol. The number of aryl methyl sites for hydroxylation is 1. The summed E-state index contributed by atoms with van der Waals surface area (Å²) in [5.41, 5.74) is 1.71. The summed E-state index contributed by atoms with van der Waals surface area (Å²) in [6.45, 7) is 1.97. The van der Waals surface area contributed by atoms with Crippen molar-refractivity contribution in [2.24, 2.45) is 0 Å². The van der Waals surface area contributed by atoms with Gasteiger partial charge in [-0.1, -0.05) is 17.7 Å². The van der Waals surface area contributed by atoms with Gasteiger partial charge in [-0.15, -0.1) is 0 Å². The Morgan fingerprint density at radius 1 is 1.31 bits per heavy atom. The van der Waals surface area contributed by atoms with Crippen LogP contribution in [-0.2, 0) is 0 Å². The Balaban J connectivity index is 2.92. The molecule has 0 radical (unpaired) electrons. The molecule has 0 aliphatic carbocycles. The SMILES string of the molecule is Cc1ccc2c(c1)c(Cl)cc[n+]2[O-]. The average Bonchev–Trinajstić information content (AvgIpc) is 2.12. The first-order valence-electron chi connectivity index (χ1n) is 3.96. The molecule has 13 heavy (non-hydrogen) atoms. The first-order chi connectivity index (χ1) is 6.18. The second kappa shape index (κ2) is 2.89. The molecule has 0 bridgehead atoms. The molecule has 0 saturated heterocycles. The number of halogens is 1. The highest BCUT2D eigenvalue weighted by atomic mass is 35.5. The maximum atomic E-state index is 11.3. The maximum Gasteiger partial charge on any atom is 0.225 e. The number of nitrogens with zero attached hydrogens (tertiary/aromatic N) is 1. The summed E-state index contributed by atoms with van der Waals surface area (Å²) < 4.78 is 0.820. The maximum absolute atomic E-state index is 11.3. The van der Waals surface area contributed by atoms with Crippen molar-refractivity contribution < 1.29 is 4.73 Å². The fraction of sp³-hybridized carbons (Fsp3) is 0.100. The minimum absolute atomic E-state index is 0.609. The Kier molecular flexibility index (Phi) is 1.85. The van der Waals surface area contributed by atoms with E-state index in [1.807, 2.05) is 19.1 Å². The zero-order chi connectivity index (χ0) is 9.42. The van der Waals surface area contributed by atoms with E-state index in [1.165, 1.54) is 6.20 Å². The molecule has 0 amide bonds.